The minimum absolute atomic E-state index is 0.0511. The van der Waals surface area contributed by atoms with Gasteiger partial charge < -0.3 is 15.1 Å². The largest absolute Gasteiger partial charge is 0.377 e. The van der Waals surface area contributed by atoms with Crippen LogP contribution in [-0.2, 0) is 22.7 Å². The number of carbonyl (C=O) groups is 2. The summed E-state index contributed by atoms with van der Waals surface area (Å²) in [5.41, 5.74) is 3.51. The highest BCUT2D eigenvalue weighted by molar-refractivity contribution is 5.92. The van der Waals surface area contributed by atoms with Crippen LogP contribution in [0.25, 0.3) is 0 Å². The molecule has 0 aliphatic rings. The second-order valence-electron chi connectivity index (χ2n) is 8.72. The van der Waals surface area contributed by atoms with Crippen molar-refractivity contribution in [2.75, 3.05) is 24.3 Å². The Balaban J connectivity index is 2.41. The Bertz CT molecular complexity index is 906. The summed E-state index contributed by atoms with van der Waals surface area (Å²) in [6.07, 6.45) is 1.53. The molecule has 2 aromatic carbocycles. The summed E-state index contributed by atoms with van der Waals surface area (Å²) >= 11 is 0. The van der Waals surface area contributed by atoms with Crippen molar-refractivity contribution in [3.63, 3.8) is 0 Å². The molecular formula is C26H36FN3O2. The van der Waals surface area contributed by atoms with E-state index in [0.717, 1.165) is 29.7 Å². The van der Waals surface area contributed by atoms with Crippen molar-refractivity contribution in [2.24, 2.45) is 11.8 Å². The number of rotatable bonds is 10. The van der Waals surface area contributed by atoms with Gasteiger partial charge in [-0.1, -0.05) is 39.8 Å². The zero-order chi connectivity index (χ0) is 23.8. The Labute approximate surface area is 191 Å². The van der Waals surface area contributed by atoms with E-state index in [-0.39, 0.29) is 29.5 Å². The van der Waals surface area contributed by atoms with Crippen molar-refractivity contribution < 1.29 is 14.0 Å². The van der Waals surface area contributed by atoms with Crippen LogP contribution in [0.1, 0.15) is 51.7 Å². The lowest BCUT2D eigenvalue weighted by Gasteiger charge is -2.29. The number of hydrogen-bond acceptors (Lipinski definition) is 3. The molecule has 6 heteroatoms. The predicted molar refractivity (Wildman–Crippen MR) is 129 cm³/mol. The molecule has 0 aliphatic carbocycles. The van der Waals surface area contributed by atoms with E-state index < -0.39 is 0 Å². The van der Waals surface area contributed by atoms with Gasteiger partial charge in [-0.25, -0.2) is 4.39 Å². The van der Waals surface area contributed by atoms with Gasteiger partial charge in [-0.15, -0.1) is 0 Å². The quantitative estimate of drug-likeness (QED) is 0.533. The number of nitrogens with zero attached hydrogens (tertiary/aromatic N) is 2. The monoisotopic (exact) mass is 441 g/mol. The van der Waals surface area contributed by atoms with Crippen LogP contribution in [-0.4, -0.2) is 30.8 Å². The van der Waals surface area contributed by atoms with E-state index in [0.29, 0.717) is 18.8 Å². The molecule has 0 radical (unpaired) electrons. The first-order valence-electron chi connectivity index (χ1n) is 11.3. The molecule has 0 saturated heterocycles. The van der Waals surface area contributed by atoms with Crippen LogP contribution >= 0.6 is 0 Å². The zero-order valence-electron chi connectivity index (χ0n) is 20.1. The SMILES string of the molecule is CCC(CC)C(=O)N(Cc1ccc(F)cc1)Cc1cc(NC(=O)C(C)C)ccc1N(C)C. The lowest BCUT2D eigenvalue weighted by Crippen LogP contribution is -2.35. The molecule has 1 N–H and O–H groups in total. The molecule has 0 fully saturated rings. The molecule has 2 amide bonds. The molecule has 0 saturated carbocycles. The maximum Gasteiger partial charge on any atom is 0.226 e. The summed E-state index contributed by atoms with van der Waals surface area (Å²) in [5, 5.41) is 2.95. The van der Waals surface area contributed by atoms with Crippen molar-refractivity contribution in [1.82, 2.24) is 4.90 Å². The summed E-state index contributed by atoms with van der Waals surface area (Å²) in [5.74, 6) is -0.457. The first kappa shape index (κ1) is 25.4. The van der Waals surface area contributed by atoms with E-state index in [1.165, 1.54) is 12.1 Å². The Morgan fingerprint density at radius 3 is 2.12 bits per heavy atom. The summed E-state index contributed by atoms with van der Waals surface area (Å²) < 4.78 is 13.4. The molecule has 2 rings (SSSR count). The Morgan fingerprint density at radius 1 is 0.969 bits per heavy atom. The maximum atomic E-state index is 13.4. The van der Waals surface area contributed by atoms with Crippen molar-refractivity contribution >= 4 is 23.2 Å². The van der Waals surface area contributed by atoms with Crippen molar-refractivity contribution in [3.8, 4) is 0 Å². The van der Waals surface area contributed by atoms with Gasteiger partial charge in [0.2, 0.25) is 11.8 Å². The summed E-state index contributed by atoms with van der Waals surface area (Å²) in [4.78, 5) is 29.4. The molecule has 0 aromatic heterocycles. The van der Waals surface area contributed by atoms with Gasteiger partial charge in [0.1, 0.15) is 5.82 Å². The van der Waals surface area contributed by atoms with Crippen LogP contribution in [0.15, 0.2) is 42.5 Å². The van der Waals surface area contributed by atoms with E-state index in [9.17, 15) is 14.0 Å². The van der Waals surface area contributed by atoms with Crippen LogP contribution < -0.4 is 10.2 Å². The van der Waals surface area contributed by atoms with Crippen LogP contribution in [0, 0.1) is 17.7 Å². The van der Waals surface area contributed by atoms with Crippen LogP contribution in [0.5, 0.6) is 0 Å². The molecule has 32 heavy (non-hydrogen) atoms. The topological polar surface area (TPSA) is 52.7 Å². The van der Waals surface area contributed by atoms with Gasteiger partial charge in [0, 0.05) is 50.4 Å². The van der Waals surface area contributed by atoms with Crippen LogP contribution in [0.4, 0.5) is 15.8 Å². The molecule has 0 atom stereocenters. The lowest BCUT2D eigenvalue weighted by molar-refractivity contribution is -0.137. The smallest absolute Gasteiger partial charge is 0.226 e. The third-order valence-electron chi connectivity index (χ3n) is 5.65. The van der Waals surface area contributed by atoms with Crippen LogP contribution in [0.3, 0.4) is 0 Å². The highest BCUT2D eigenvalue weighted by Crippen LogP contribution is 2.27. The van der Waals surface area contributed by atoms with Gasteiger partial charge in [0.05, 0.1) is 0 Å². The van der Waals surface area contributed by atoms with Gasteiger partial charge in [0.25, 0.3) is 0 Å². The van der Waals surface area contributed by atoms with Gasteiger partial charge in [-0.2, -0.15) is 0 Å². The number of nitrogens with one attached hydrogen (secondary N) is 1. The average molecular weight is 442 g/mol. The highest BCUT2D eigenvalue weighted by Gasteiger charge is 2.23. The number of amides is 2. The second-order valence-corrected chi connectivity index (χ2v) is 8.72. The first-order valence-corrected chi connectivity index (χ1v) is 11.3. The lowest BCUT2D eigenvalue weighted by atomic mass is 10.0. The van der Waals surface area contributed by atoms with E-state index in [4.69, 9.17) is 0 Å². The number of carbonyl (C=O) groups excluding carboxylic acids is 2. The molecule has 0 aliphatic heterocycles. The molecule has 5 nitrogen and oxygen atoms in total. The number of benzene rings is 2. The second kappa shape index (κ2) is 11.7. The molecular weight excluding hydrogens is 405 g/mol. The minimum atomic E-state index is -0.296. The fraction of sp³-hybridized carbons (Fsp3) is 0.462. The van der Waals surface area contributed by atoms with Crippen LogP contribution in [0.2, 0.25) is 0 Å². The van der Waals surface area contributed by atoms with E-state index in [2.05, 4.69) is 5.32 Å². The maximum absolute atomic E-state index is 13.4. The molecule has 0 spiro atoms. The first-order chi connectivity index (χ1) is 15.2. The predicted octanol–water partition coefficient (Wildman–Crippen LogP) is 5.45. The number of halogens is 1. The summed E-state index contributed by atoms with van der Waals surface area (Å²) in [6, 6.07) is 12.1. The molecule has 0 bridgehead atoms. The third-order valence-corrected chi connectivity index (χ3v) is 5.65. The normalized spacial score (nSPS) is 11.0. The standard InChI is InChI=1S/C26H36FN3O2/c1-7-20(8-2)26(32)30(16-19-9-11-22(27)12-10-19)17-21-15-23(28-25(31)18(3)4)13-14-24(21)29(5)6/h9-15,18,20H,7-8,16-17H2,1-6H3,(H,28,31). The average Bonchev–Trinajstić information content (AvgIpc) is 2.75. The van der Waals surface area contributed by atoms with E-state index >= 15 is 0 Å². The van der Waals surface area contributed by atoms with Gasteiger partial charge in [-0.3, -0.25) is 9.59 Å². The number of hydrogen-bond donors (Lipinski definition) is 1. The van der Waals surface area contributed by atoms with Crippen molar-refractivity contribution in [1.29, 1.82) is 0 Å². The Morgan fingerprint density at radius 2 is 1.59 bits per heavy atom. The van der Waals surface area contributed by atoms with Gasteiger partial charge >= 0.3 is 0 Å². The van der Waals surface area contributed by atoms with Crippen molar-refractivity contribution in [2.45, 2.75) is 53.6 Å². The molecule has 2 aromatic rings. The van der Waals surface area contributed by atoms with Crippen molar-refractivity contribution in [3.05, 3.63) is 59.4 Å². The molecule has 174 valence electrons. The minimum Gasteiger partial charge on any atom is -0.377 e. The fourth-order valence-corrected chi connectivity index (χ4v) is 3.64. The van der Waals surface area contributed by atoms with E-state index in [1.807, 2.05) is 69.8 Å². The Kier molecular flexibility index (Phi) is 9.24. The third kappa shape index (κ3) is 6.81. The summed E-state index contributed by atoms with van der Waals surface area (Å²) in [6.45, 7) is 8.54. The fourth-order valence-electron chi connectivity index (χ4n) is 3.64. The zero-order valence-corrected chi connectivity index (χ0v) is 20.1. The molecule has 0 unspecified atom stereocenters. The van der Waals surface area contributed by atoms with Gasteiger partial charge in [-0.05, 0) is 54.3 Å². The van der Waals surface area contributed by atoms with Gasteiger partial charge in [0.15, 0.2) is 0 Å². The van der Waals surface area contributed by atoms with E-state index in [1.54, 1.807) is 12.1 Å². The Hall–Kier alpha value is -2.89. The molecule has 0 heterocycles. The number of anilines is 2. The highest BCUT2D eigenvalue weighted by atomic mass is 19.1. The summed E-state index contributed by atoms with van der Waals surface area (Å²) in [7, 11) is 3.91.